The second-order valence-corrected chi connectivity index (χ2v) is 12.1. The van der Waals surface area contributed by atoms with E-state index < -0.39 is 0 Å². The van der Waals surface area contributed by atoms with Crippen LogP contribution < -0.4 is 15.8 Å². The summed E-state index contributed by atoms with van der Waals surface area (Å²) in [5.74, 6) is 3.49. The predicted molar refractivity (Wildman–Crippen MR) is 184 cm³/mol. The number of H-pyrrole nitrogens is 2. The van der Waals surface area contributed by atoms with Crippen molar-refractivity contribution in [1.29, 1.82) is 0 Å². The number of hydrogen-bond acceptors (Lipinski definition) is 5. The molecule has 44 heavy (non-hydrogen) atoms. The first kappa shape index (κ1) is 29.2. The summed E-state index contributed by atoms with van der Waals surface area (Å²) < 4.78 is 7.03. The number of halogens is 1. The molecular formula is C35H34BrN7O. The van der Waals surface area contributed by atoms with Gasteiger partial charge in [-0.3, -0.25) is 4.99 Å². The fourth-order valence-corrected chi connectivity index (χ4v) is 5.53. The SMILES string of the molecule is C=C(NC(C)C)c1ccc2nc(-c3ccc(Oc4ccc(-c5nc6ccc(C(N)=NC(C)C)cc6[nH]5)c(Br)c4)cc3)[nH]c2c1. The molecule has 0 aliphatic rings. The number of nitrogens with one attached hydrogen (secondary N) is 3. The van der Waals surface area contributed by atoms with E-state index in [1.807, 2.05) is 86.6 Å². The molecule has 0 radical (unpaired) electrons. The Morgan fingerprint density at radius 2 is 1.43 bits per heavy atom. The molecule has 6 rings (SSSR count). The topological polar surface area (TPSA) is 117 Å². The lowest BCUT2D eigenvalue weighted by atomic mass is 10.1. The van der Waals surface area contributed by atoms with Crippen molar-refractivity contribution in [3.05, 3.63) is 101 Å². The molecule has 0 aliphatic carbocycles. The Balaban J connectivity index is 1.17. The summed E-state index contributed by atoms with van der Waals surface area (Å²) in [5.41, 5.74) is 14.5. The van der Waals surface area contributed by atoms with E-state index in [-0.39, 0.29) is 6.04 Å². The number of amidine groups is 1. The van der Waals surface area contributed by atoms with Gasteiger partial charge in [0.25, 0.3) is 0 Å². The van der Waals surface area contributed by atoms with Gasteiger partial charge in [0.15, 0.2) is 0 Å². The number of aliphatic imine (C=N–C) groups is 1. The fourth-order valence-electron chi connectivity index (χ4n) is 4.98. The first-order chi connectivity index (χ1) is 21.1. The quantitative estimate of drug-likeness (QED) is 0.0928. The molecule has 0 spiro atoms. The van der Waals surface area contributed by atoms with Crippen LogP contribution in [0.3, 0.4) is 0 Å². The summed E-state index contributed by atoms with van der Waals surface area (Å²) in [6.45, 7) is 12.4. The Morgan fingerprint density at radius 3 is 2.09 bits per heavy atom. The third kappa shape index (κ3) is 6.23. The molecule has 0 amide bonds. The minimum Gasteiger partial charge on any atom is -0.457 e. The third-order valence-corrected chi connectivity index (χ3v) is 7.68. The van der Waals surface area contributed by atoms with Crippen LogP contribution in [0.5, 0.6) is 11.5 Å². The van der Waals surface area contributed by atoms with E-state index in [0.717, 1.165) is 71.9 Å². The number of benzene rings is 4. The van der Waals surface area contributed by atoms with Gasteiger partial charge in [-0.1, -0.05) is 12.6 Å². The lowest BCUT2D eigenvalue weighted by Crippen LogP contribution is -2.20. The molecule has 2 aromatic heterocycles. The largest absolute Gasteiger partial charge is 0.457 e. The zero-order valence-corrected chi connectivity index (χ0v) is 26.7. The van der Waals surface area contributed by atoms with Crippen molar-refractivity contribution in [3.8, 4) is 34.3 Å². The Labute approximate surface area is 264 Å². The fraction of sp³-hybridized carbons (Fsp3) is 0.171. The Hall–Kier alpha value is -4.89. The molecule has 2 heterocycles. The number of aromatic nitrogens is 4. The summed E-state index contributed by atoms with van der Waals surface area (Å²) in [4.78, 5) is 20.8. The minimum absolute atomic E-state index is 0.127. The van der Waals surface area contributed by atoms with E-state index in [2.05, 4.69) is 62.7 Å². The number of hydrogen-bond donors (Lipinski definition) is 4. The Bertz CT molecular complexity index is 2020. The number of fused-ring (bicyclic) bond motifs is 2. The minimum atomic E-state index is 0.127. The van der Waals surface area contributed by atoms with Crippen molar-refractivity contribution in [1.82, 2.24) is 25.3 Å². The summed E-state index contributed by atoms with van der Waals surface area (Å²) in [5, 5.41) is 3.36. The average molecular weight is 649 g/mol. The van der Waals surface area contributed by atoms with Crippen LogP contribution in [0.4, 0.5) is 0 Å². The van der Waals surface area contributed by atoms with Gasteiger partial charge >= 0.3 is 0 Å². The molecule has 8 nitrogen and oxygen atoms in total. The highest BCUT2D eigenvalue weighted by atomic mass is 79.9. The molecule has 6 aromatic rings. The molecule has 0 saturated carbocycles. The van der Waals surface area contributed by atoms with Crippen LogP contribution in [-0.4, -0.2) is 37.9 Å². The van der Waals surface area contributed by atoms with E-state index in [4.69, 9.17) is 20.4 Å². The van der Waals surface area contributed by atoms with E-state index in [1.54, 1.807) is 0 Å². The molecule has 222 valence electrons. The zero-order valence-electron chi connectivity index (χ0n) is 25.1. The summed E-state index contributed by atoms with van der Waals surface area (Å²) >= 11 is 3.70. The number of aromatic amines is 2. The van der Waals surface area contributed by atoms with Crippen molar-refractivity contribution in [3.63, 3.8) is 0 Å². The molecule has 4 aromatic carbocycles. The van der Waals surface area contributed by atoms with Gasteiger partial charge in [0.1, 0.15) is 29.0 Å². The molecule has 9 heteroatoms. The van der Waals surface area contributed by atoms with Gasteiger partial charge in [0, 0.05) is 38.9 Å². The van der Waals surface area contributed by atoms with E-state index in [9.17, 15) is 0 Å². The maximum Gasteiger partial charge on any atom is 0.139 e. The second kappa shape index (κ2) is 12.0. The van der Waals surface area contributed by atoms with Crippen LogP contribution >= 0.6 is 15.9 Å². The standard InChI is InChI=1S/C35H34BrN7O/c1-19(2)38-21(5)23-8-14-29-31(16-23)42-34(40-29)22-6-10-25(11-7-22)44-26-12-13-27(28(36)18-26)35-41-30-15-9-24(17-32(30)43-35)33(37)39-20(3)4/h6-20,38H,5H2,1-4H3,(H2,37,39)(H,40,42)(H,41,43). The summed E-state index contributed by atoms with van der Waals surface area (Å²) in [7, 11) is 0. The Kier molecular flexibility index (Phi) is 7.97. The van der Waals surface area contributed by atoms with E-state index >= 15 is 0 Å². The molecule has 5 N–H and O–H groups in total. The van der Waals surface area contributed by atoms with E-state index in [1.165, 1.54) is 0 Å². The van der Waals surface area contributed by atoms with Crippen LogP contribution in [0.1, 0.15) is 38.8 Å². The highest BCUT2D eigenvalue weighted by molar-refractivity contribution is 9.10. The molecule has 0 atom stereocenters. The van der Waals surface area contributed by atoms with Gasteiger partial charge in [-0.2, -0.15) is 0 Å². The average Bonchev–Trinajstić information content (AvgIpc) is 3.60. The third-order valence-electron chi connectivity index (χ3n) is 7.03. The van der Waals surface area contributed by atoms with Crippen LogP contribution in [0, 0.1) is 0 Å². The van der Waals surface area contributed by atoms with Gasteiger partial charge < -0.3 is 25.8 Å². The summed E-state index contributed by atoms with van der Waals surface area (Å²) in [6.07, 6.45) is 0. The Morgan fingerprint density at radius 1 is 0.818 bits per heavy atom. The molecule has 0 unspecified atom stereocenters. The zero-order chi connectivity index (χ0) is 31.0. The van der Waals surface area contributed by atoms with Gasteiger partial charge in [0.05, 0.1) is 22.1 Å². The molecular weight excluding hydrogens is 614 g/mol. The van der Waals surface area contributed by atoms with E-state index in [0.29, 0.717) is 17.6 Å². The number of imidazole rings is 2. The normalized spacial score (nSPS) is 12.0. The number of nitrogens with two attached hydrogens (primary N) is 1. The molecule has 0 bridgehead atoms. The maximum absolute atomic E-state index is 6.17. The van der Waals surface area contributed by atoms with Crippen molar-refractivity contribution in [2.24, 2.45) is 10.7 Å². The predicted octanol–water partition coefficient (Wildman–Crippen LogP) is 8.41. The lowest BCUT2D eigenvalue weighted by molar-refractivity contribution is 0.482. The first-order valence-corrected chi connectivity index (χ1v) is 15.3. The van der Waals surface area contributed by atoms with Gasteiger partial charge in [-0.05, 0) is 122 Å². The smallest absolute Gasteiger partial charge is 0.139 e. The van der Waals surface area contributed by atoms with Gasteiger partial charge in [-0.15, -0.1) is 0 Å². The van der Waals surface area contributed by atoms with Crippen molar-refractivity contribution < 1.29 is 4.74 Å². The van der Waals surface area contributed by atoms with Crippen LogP contribution in [0.15, 0.2) is 94.9 Å². The number of nitrogens with zero attached hydrogens (tertiary/aromatic N) is 3. The number of ether oxygens (including phenoxy) is 1. The van der Waals surface area contributed by atoms with Crippen molar-refractivity contribution in [2.75, 3.05) is 0 Å². The molecule has 0 saturated heterocycles. The second-order valence-electron chi connectivity index (χ2n) is 11.3. The van der Waals surface area contributed by atoms with Crippen LogP contribution in [-0.2, 0) is 0 Å². The molecule has 0 aliphatic heterocycles. The highest BCUT2D eigenvalue weighted by Crippen LogP contribution is 2.34. The van der Waals surface area contributed by atoms with Crippen molar-refractivity contribution >= 4 is 49.5 Å². The number of rotatable bonds is 9. The van der Waals surface area contributed by atoms with Crippen molar-refractivity contribution in [2.45, 2.75) is 39.8 Å². The van der Waals surface area contributed by atoms with Crippen LogP contribution in [0.25, 0.3) is 50.5 Å². The molecule has 0 fully saturated rings. The summed E-state index contributed by atoms with van der Waals surface area (Å²) in [6, 6.07) is 26.2. The van der Waals surface area contributed by atoms with Crippen LogP contribution in [0.2, 0.25) is 0 Å². The highest BCUT2D eigenvalue weighted by Gasteiger charge is 2.13. The van der Waals surface area contributed by atoms with Gasteiger partial charge in [0.2, 0.25) is 0 Å². The maximum atomic E-state index is 6.17. The first-order valence-electron chi connectivity index (χ1n) is 14.5. The monoisotopic (exact) mass is 647 g/mol. The van der Waals surface area contributed by atoms with Gasteiger partial charge in [-0.25, -0.2) is 9.97 Å². The lowest BCUT2D eigenvalue weighted by Gasteiger charge is -2.12.